The summed E-state index contributed by atoms with van der Waals surface area (Å²) in [4.78, 5) is 11.3. The van der Waals surface area contributed by atoms with E-state index in [-0.39, 0.29) is 21.8 Å². The minimum Gasteiger partial charge on any atom is -0.478 e. The lowest BCUT2D eigenvalue weighted by molar-refractivity contribution is 0.0694. The van der Waals surface area contributed by atoms with Crippen molar-refractivity contribution in [2.75, 3.05) is 0 Å². The first-order valence-electron chi connectivity index (χ1n) is 6.59. The van der Waals surface area contributed by atoms with E-state index in [2.05, 4.69) is 20.8 Å². The van der Waals surface area contributed by atoms with E-state index in [1.807, 2.05) is 18.2 Å². The number of halogens is 1. The Hall–Kier alpha value is -2.00. The zero-order valence-corrected chi connectivity index (χ0v) is 12.9. The maximum Gasteiger partial charge on any atom is 0.341 e. The number of hydrogen-bond donors (Lipinski definition) is 1. The van der Waals surface area contributed by atoms with Gasteiger partial charge in [0.1, 0.15) is 17.1 Å². The summed E-state index contributed by atoms with van der Waals surface area (Å²) in [7, 11) is 0. The molecule has 0 aliphatic rings. The summed E-state index contributed by atoms with van der Waals surface area (Å²) >= 11 is 5.93. The van der Waals surface area contributed by atoms with Crippen molar-refractivity contribution in [3.8, 4) is 11.5 Å². The highest BCUT2D eigenvalue weighted by Crippen LogP contribution is 2.32. The SMILES string of the molecule is CC(C)(C)c1cccc(Oc2cccc(Cl)c2C(=O)O)c1. The van der Waals surface area contributed by atoms with Crippen LogP contribution < -0.4 is 4.74 Å². The molecule has 2 aromatic rings. The molecule has 21 heavy (non-hydrogen) atoms. The Labute approximate surface area is 129 Å². The molecular weight excluding hydrogens is 288 g/mol. The summed E-state index contributed by atoms with van der Waals surface area (Å²) in [6.45, 7) is 6.32. The smallest absolute Gasteiger partial charge is 0.341 e. The molecule has 1 N–H and O–H groups in total. The largest absolute Gasteiger partial charge is 0.478 e. The molecule has 0 heterocycles. The van der Waals surface area contributed by atoms with Crippen molar-refractivity contribution in [3.05, 3.63) is 58.6 Å². The summed E-state index contributed by atoms with van der Waals surface area (Å²) in [5.41, 5.74) is 1.07. The van der Waals surface area contributed by atoms with Crippen molar-refractivity contribution in [2.45, 2.75) is 26.2 Å². The molecule has 0 saturated carbocycles. The highest BCUT2D eigenvalue weighted by molar-refractivity contribution is 6.33. The normalized spacial score (nSPS) is 11.2. The Morgan fingerprint density at radius 2 is 1.81 bits per heavy atom. The monoisotopic (exact) mass is 304 g/mol. The predicted molar refractivity (Wildman–Crippen MR) is 83.6 cm³/mol. The number of carbonyl (C=O) groups is 1. The van der Waals surface area contributed by atoms with Gasteiger partial charge in [-0.3, -0.25) is 0 Å². The fraction of sp³-hybridized carbons (Fsp3) is 0.235. The number of hydrogen-bond acceptors (Lipinski definition) is 2. The maximum absolute atomic E-state index is 11.3. The maximum atomic E-state index is 11.3. The molecule has 110 valence electrons. The highest BCUT2D eigenvalue weighted by atomic mass is 35.5. The topological polar surface area (TPSA) is 46.5 Å². The third-order valence-corrected chi connectivity index (χ3v) is 3.43. The fourth-order valence-electron chi connectivity index (χ4n) is 1.95. The van der Waals surface area contributed by atoms with Gasteiger partial charge >= 0.3 is 5.97 Å². The second kappa shape index (κ2) is 5.78. The van der Waals surface area contributed by atoms with Gasteiger partial charge in [-0.1, -0.05) is 50.6 Å². The van der Waals surface area contributed by atoms with E-state index in [0.717, 1.165) is 5.56 Å². The van der Waals surface area contributed by atoms with Crippen molar-refractivity contribution in [1.29, 1.82) is 0 Å². The number of carboxylic acid groups (broad SMARTS) is 1. The van der Waals surface area contributed by atoms with Crippen LogP contribution in [0.4, 0.5) is 0 Å². The van der Waals surface area contributed by atoms with Crippen LogP contribution in [0.25, 0.3) is 0 Å². The van der Waals surface area contributed by atoms with Gasteiger partial charge in [-0.2, -0.15) is 0 Å². The molecule has 0 aromatic heterocycles. The molecule has 0 saturated heterocycles. The minimum absolute atomic E-state index is 0.0106. The zero-order valence-electron chi connectivity index (χ0n) is 12.2. The van der Waals surface area contributed by atoms with Crippen molar-refractivity contribution in [1.82, 2.24) is 0 Å². The van der Waals surface area contributed by atoms with Gasteiger partial charge in [0.2, 0.25) is 0 Å². The average Bonchev–Trinajstić information content (AvgIpc) is 2.37. The zero-order chi connectivity index (χ0) is 15.6. The molecule has 2 rings (SSSR count). The van der Waals surface area contributed by atoms with Crippen LogP contribution in [0.2, 0.25) is 5.02 Å². The molecule has 0 bridgehead atoms. The standard InChI is InChI=1S/C17H17ClO3/c1-17(2,3)11-6-4-7-12(10-11)21-14-9-5-8-13(18)15(14)16(19)20/h4-10H,1-3H3,(H,19,20). The number of carboxylic acids is 1. The Bertz CT molecular complexity index is 672. The summed E-state index contributed by atoms with van der Waals surface area (Å²) in [5.74, 6) is -0.282. The van der Waals surface area contributed by atoms with E-state index in [1.54, 1.807) is 18.2 Å². The first kappa shape index (κ1) is 15.4. The highest BCUT2D eigenvalue weighted by Gasteiger charge is 2.18. The van der Waals surface area contributed by atoms with E-state index in [4.69, 9.17) is 16.3 Å². The van der Waals surface area contributed by atoms with Crippen molar-refractivity contribution in [3.63, 3.8) is 0 Å². The van der Waals surface area contributed by atoms with Gasteiger partial charge in [0.05, 0.1) is 5.02 Å². The van der Waals surface area contributed by atoms with Crippen LogP contribution in [-0.2, 0) is 5.41 Å². The van der Waals surface area contributed by atoms with Crippen LogP contribution in [-0.4, -0.2) is 11.1 Å². The van der Waals surface area contributed by atoms with Crippen LogP contribution in [0.15, 0.2) is 42.5 Å². The molecule has 0 atom stereocenters. The van der Waals surface area contributed by atoms with E-state index in [1.165, 1.54) is 6.07 Å². The number of rotatable bonds is 3. The predicted octanol–water partition coefficient (Wildman–Crippen LogP) is 5.13. The Morgan fingerprint density at radius 3 is 2.43 bits per heavy atom. The number of benzene rings is 2. The third-order valence-electron chi connectivity index (χ3n) is 3.12. The van der Waals surface area contributed by atoms with Gasteiger partial charge in [-0.15, -0.1) is 0 Å². The fourth-order valence-corrected chi connectivity index (χ4v) is 2.20. The lowest BCUT2D eigenvalue weighted by atomic mass is 9.87. The molecule has 0 unspecified atom stereocenters. The van der Waals surface area contributed by atoms with Crippen molar-refractivity contribution in [2.24, 2.45) is 0 Å². The van der Waals surface area contributed by atoms with Crippen molar-refractivity contribution < 1.29 is 14.6 Å². The molecule has 0 spiro atoms. The molecule has 0 aliphatic heterocycles. The van der Waals surface area contributed by atoms with Crippen LogP contribution in [0, 0.1) is 0 Å². The summed E-state index contributed by atoms with van der Waals surface area (Å²) in [6, 6.07) is 12.4. The molecule has 2 aromatic carbocycles. The number of ether oxygens (including phenoxy) is 1. The van der Waals surface area contributed by atoms with Crippen LogP contribution in [0.3, 0.4) is 0 Å². The molecule has 0 radical (unpaired) electrons. The van der Waals surface area contributed by atoms with Gasteiger partial charge in [0, 0.05) is 0 Å². The van der Waals surface area contributed by atoms with E-state index in [0.29, 0.717) is 5.75 Å². The van der Waals surface area contributed by atoms with Crippen LogP contribution >= 0.6 is 11.6 Å². The molecule has 0 amide bonds. The molecule has 4 heteroatoms. The minimum atomic E-state index is -1.11. The molecule has 0 aliphatic carbocycles. The Balaban J connectivity index is 2.40. The Morgan fingerprint density at radius 1 is 1.14 bits per heavy atom. The number of aromatic carboxylic acids is 1. The summed E-state index contributed by atoms with van der Waals surface area (Å²) in [5, 5.41) is 9.40. The van der Waals surface area contributed by atoms with Gasteiger partial charge < -0.3 is 9.84 Å². The van der Waals surface area contributed by atoms with Crippen LogP contribution in [0.5, 0.6) is 11.5 Å². The third kappa shape index (κ3) is 3.56. The van der Waals surface area contributed by atoms with Crippen molar-refractivity contribution >= 4 is 17.6 Å². The average molecular weight is 305 g/mol. The molecular formula is C17H17ClO3. The first-order valence-corrected chi connectivity index (χ1v) is 6.97. The van der Waals surface area contributed by atoms with E-state index < -0.39 is 5.97 Å². The summed E-state index contributed by atoms with van der Waals surface area (Å²) in [6.07, 6.45) is 0. The van der Waals surface area contributed by atoms with Gasteiger partial charge in [-0.05, 0) is 35.2 Å². The van der Waals surface area contributed by atoms with Gasteiger partial charge in [0.25, 0.3) is 0 Å². The van der Waals surface area contributed by atoms with Gasteiger partial charge in [-0.25, -0.2) is 4.79 Å². The summed E-state index contributed by atoms with van der Waals surface area (Å²) < 4.78 is 5.72. The molecule has 0 fully saturated rings. The second-order valence-corrected chi connectivity index (χ2v) is 6.21. The Kier molecular flexibility index (Phi) is 4.24. The molecule has 3 nitrogen and oxygen atoms in total. The second-order valence-electron chi connectivity index (χ2n) is 5.80. The quantitative estimate of drug-likeness (QED) is 0.855. The lowest BCUT2D eigenvalue weighted by Gasteiger charge is -2.20. The van der Waals surface area contributed by atoms with Crippen LogP contribution in [0.1, 0.15) is 36.7 Å². The lowest BCUT2D eigenvalue weighted by Crippen LogP contribution is -2.10. The van der Waals surface area contributed by atoms with E-state index in [9.17, 15) is 9.90 Å². The first-order chi connectivity index (χ1) is 9.79. The van der Waals surface area contributed by atoms with Gasteiger partial charge in [0.15, 0.2) is 0 Å². The van der Waals surface area contributed by atoms with E-state index >= 15 is 0 Å².